The van der Waals surface area contributed by atoms with Gasteiger partial charge in [-0.25, -0.2) is 0 Å². The monoisotopic (exact) mass is 434 g/mol. The molecule has 0 radical (unpaired) electrons. The molecule has 2 aromatic carbocycles. The van der Waals surface area contributed by atoms with E-state index in [-0.39, 0.29) is 5.57 Å². The van der Waals surface area contributed by atoms with E-state index >= 15 is 0 Å². The van der Waals surface area contributed by atoms with Gasteiger partial charge in [-0.15, -0.1) is 0 Å². The lowest BCUT2D eigenvalue weighted by Gasteiger charge is -2.11. The minimum absolute atomic E-state index is 0.226. The van der Waals surface area contributed by atoms with Gasteiger partial charge in [-0.05, 0) is 70.5 Å². The van der Waals surface area contributed by atoms with Gasteiger partial charge in [0.15, 0.2) is 0 Å². The van der Waals surface area contributed by atoms with Crippen LogP contribution in [0.2, 0.25) is 0 Å². The average molecular weight is 435 g/mol. The van der Waals surface area contributed by atoms with Gasteiger partial charge in [0.25, 0.3) is 5.78 Å². The number of fused-ring (bicyclic) bond motifs is 2. The topological polar surface area (TPSA) is 26.3 Å². The first-order chi connectivity index (χ1) is 12.8. The van der Waals surface area contributed by atoms with Crippen molar-refractivity contribution in [3.05, 3.63) is 74.3 Å². The summed E-state index contributed by atoms with van der Waals surface area (Å²) in [4.78, 5) is 12.2. The summed E-state index contributed by atoms with van der Waals surface area (Å²) in [6.45, 7) is 0. The second kappa shape index (κ2) is 6.37. The molecule has 0 atom stereocenters. The zero-order valence-corrected chi connectivity index (χ0v) is 15.9. The van der Waals surface area contributed by atoms with E-state index in [1.165, 1.54) is 0 Å². The molecule has 27 heavy (non-hydrogen) atoms. The van der Waals surface area contributed by atoms with Crippen LogP contribution in [0.4, 0.5) is 13.2 Å². The van der Waals surface area contributed by atoms with E-state index in [0.717, 1.165) is 26.7 Å². The van der Waals surface area contributed by atoms with Gasteiger partial charge in [0.05, 0.1) is 7.11 Å². The summed E-state index contributed by atoms with van der Waals surface area (Å²) in [5.74, 6) is -1.10. The summed E-state index contributed by atoms with van der Waals surface area (Å²) >= 11 is 3.35. The fourth-order valence-corrected chi connectivity index (χ4v) is 4.11. The number of Topliss-reactive ketones (excluding diaryl/α,β-unsaturated/α-hetero) is 1. The van der Waals surface area contributed by atoms with Crippen LogP contribution < -0.4 is 4.74 Å². The molecule has 2 aliphatic rings. The summed E-state index contributed by atoms with van der Waals surface area (Å²) < 4.78 is 45.8. The van der Waals surface area contributed by atoms with Crippen molar-refractivity contribution in [3.8, 4) is 5.75 Å². The maximum absolute atomic E-state index is 13.3. The lowest BCUT2D eigenvalue weighted by Crippen LogP contribution is -2.24. The molecule has 0 saturated carbocycles. The van der Waals surface area contributed by atoms with Crippen molar-refractivity contribution >= 4 is 33.4 Å². The SMILES string of the molecule is COc1ccc2c(c1)C=C(C1=C(C(=O)C(F)(F)F)c3ccc(Br)cc3C1)C2. The Kier molecular flexibility index (Phi) is 4.26. The van der Waals surface area contributed by atoms with Crippen molar-refractivity contribution in [1.82, 2.24) is 0 Å². The number of benzene rings is 2. The number of hydrogen-bond donors (Lipinski definition) is 0. The second-order valence-corrected chi connectivity index (χ2v) is 7.49. The number of ether oxygens (including phenoxy) is 1. The highest BCUT2D eigenvalue weighted by Crippen LogP contribution is 2.44. The van der Waals surface area contributed by atoms with E-state index in [0.29, 0.717) is 29.7 Å². The van der Waals surface area contributed by atoms with Crippen LogP contribution in [-0.2, 0) is 17.6 Å². The van der Waals surface area contributed by atoms with Gasteiger partial charge >= 0.3 is 6.18 Å². The molecule has 2 aliphatic carbocycles. The summed E-state index contributed by atoms with van der Waals surface area (Å²) in [6, 6.07) is 10.6. The highest BCUT2D eigenvalue weighted by atomic mass is 79.9. The molecule has 0 aromatic heterocycles. The van der Waals surface area contributed by atoms with E-state index in [4.69, 9.17) is 4.74 Å². The number of rotatable bonds is 3. The standard InChI is InChI=1S/C21H14BrF3O2/c1-27-16-4-2-11-6-13(7-12(11)9-16)18-10-14-8-15(22)3-5-17(14)19(18)20(26)21(23,24)25/h2-5,7-9H,6,10H2,1H3. The van der Waals surface area contributed by atoms with Crippen LogP contribution in [0.25, 0.3) is 11.6 Å². The molecule has 0 fully saturated rings. The number of allylic oxidation sites excluding steroid dienone is 3. The van der Waals surface area contributed by atoms with Crippen molar-refractivity contribution in [3.63, 3.8) is 0 Å². The van der Waals surface area contributed by atoms with Crippen LogP contribution in [-0.4, -0.2) is 19.1 Å². The Morgan fingerprint density at radius 3 is 2.56 bits per heavy atom. The van der Waals surface area contributed by atoms with E-state index in [2.05, 4.69) is 15.9 Å². The average Bonchev–Trinajstić information content (AvgIpc) is 3.19. The first kappa shape index (κ1) is 18.0. The van der Waals surface area contributed by atoms with Crippen molar-refractivity contribution < 1.29 is 22.7 Å². The number of halogens is 4. The molecular weight excluding hydrogens is 421 g/mol. The van der Waals surface area contributed by atoms with Crippen LogP contribution in [0, 0.1) is 0 Å². The third kappa shape index (κ3) is 3.12. The summed E-state index contributed by atoms with van der Waals surface area (Å²) in [7, 11) is 1.56. The van der Waals surface area contributed by atoms with E-state index in [1.54, 1.807) is 25.3 Å². The molecule has 0 unspecified atom stereocenters. The Morgan fingerprint density at radius 1 is 1.07 bits per heavy atom. The third-order valence-electron chi connectivity index (χ3n) is 4.94. The molecule has 0 bridgehead atoms. The lowest BCUT2D eigenvalue weighted by molar-refractivity contribution is -0.164. The van der Waals surface area contributed by atoms with Gasteiger partial charge in [0, 0.05) is 10.0 Å². The normalized spacial score (nSPS) is 15.5. The van der Waals surface area contributed by atoms with Gasteiger partial charge in [0.1, 0.15) is 5.75 Å². The molecule has 2 aromatic rings. The van der Waals surface area contributed by atoms with Gasteiger partial charge < -0.3 is 4.74 Å². The lowest BCUT2D eigenvalue weighted by atomic mass is 9.96. The Morgan fingerprint density at radius 2 is 1.85 bits per heavy atom. The summed E-state index contributed by atoms with van der Waals surface area (Å²) in [5.41, 5.74) is 3.99. The zero-order chi connectivity index (χ0) is 19.3. The van der Waals surface area contributed by atoms with Crippen LogP contribution in [0.15, 0.2) is 52.0 Å². The van der Waals surface area contributed by atoms with E-state index in [9.17, 15) is 18.0 Å². The second-order valence-electron chi connectivity index (χ2n) is 6.57. The third-order valence-corrected chi connectivity index (χ3v) is 5.43. The van der Waals surface area contributed by atoms with Crippen molar-refractivity contribution in [2.75, 3.05) is 7.11 Å². The quantitative estimate of drug-likeness (QED) is 0.633. The highest BCUT2D eigenvalue weighted by molar-refractivity contribution is 9.10. The number of hydrogen-bond acceptors (Lipinski definition) is 2. The van der Waals surface area contributed by atoms with Crippen LogP contribution in [0.3, 0.4) is 0 Å². The molecule has 0 N–H and O–H groups in total. The van der Waals surface area contributed by atoms with Crippen LogP contribution in [0.1, 0.15) is 22.3 Å². The predicted octanol–water partition coefficient (Wildman–Crippen LogP) is 5.54. The molecule has 138 valence electrons. The Balaban J connectivity index is 1.83. The fraction of sp³-hybridized carbons (Fsp3) is 0.190. The molecule has 0 amide bonds. The Hall–Kier alpha value is -2.34. The largest absolute Gasteiger partial charge is 0.497 e. The molecule has 2 nitrogen and oxygen atoms in total. The first-order valence-corrected chi connectivity index (χ1v) is 9.08. The Bertz CT molecular complexity index is 1030. The van der Waals surface area contributed by atoms with Gasteiger partial charge in [-0.1, -0.05) is 34.1 Å². The molecular formula is C21H14BrF3O2. The number of alkyl halides is 3. The predicted molar refractivity (Wildman–Crippen MR) is 101 cm³/mol. The molecule has 4 rings (SSSR count). The molecule has 6 heteroatoms. The number of methoxy groups -OCH3 is 1. The van der Waals surface area contributed by atoms with Crippen molar-refractivity contribution in [2.24, 2.45) is 0 Å². The maximum atomic E-state index is 13.3. The van der Waals surface area contributed by atoms with Gasteiger partial charge in [-0.3, -0.25) is 4.79 Å². The van der Waals surface area contributed by atoms with Crippen LogP contribution in [0.5, 0.6) is 5.75 Å². The zero-order valence-electron chi connectivity index (χ0n) is 14.3. The molecule has 0 aliphatic heterocycles. The highest BCUT2D eigenvalue weighted by Gasteiger charge is 2.44. The smallest absolute Gasteiger partial charge is 0.454 e. The number of carbonyl (C=O) groups excluding carboxylic acids is 1. The molecule has 0 spiro atoms. The Labute approximate surface area is 162 Å². The molecule has 0 heterocycles. The van der Waals surface area contributed by atoms with Crippen molar-refractivity contribution in [2.45, 2.75) is 19.0 Å². The number of carbonyl (C=O) groups is 1. The van der Waals surface area contributed by atoms with Crippen molar-refractivity contribution in [1.29, 1.82) is 0 Å². The minimum Gasteiger partial charge on any atom is -0.497 e. The van der Waals surface area contributed by atoms with Gasteiger partial charge in [0.2, 0.25) is 0 Å². The fourth-order valence-electron chi connectivity index (χ4n) is 3.70. The molecule has 0 saturated heterocycles. The summed E-state index contributed by atoms with van der Waals surface area (Å²) in [5, 5.41) is 0. The van der Waals surface area contributed by atoms with E-state index < -0.39 is 12.0 Å². The van der Waals surface area contributed by atoms with E-state index in [1.807, 2.05) is 24.3 Å². The number of ketones is 1. The first-order valence-electron chi connectivity index (χ1n) is 8.29. The maximum Gasteiger partial charge on any atom is 0.454 e. The minimum atomic E-state index is -4.91. The summed E-state index contributed by atoms with van der Waals surface area (Å²) in [6.07, 6.45) is -2.25. The van der Waals surface area contributed by atoms with Gasteiger partial charge in [-0.2, -0.15) is 13.2 Å². The van der Waals surface area contributed by atoms with Crippen LogP contribution >= 0.6 is 15.9 Å².